The minimum atomic E-state index is -0.280. The highest BCUT2D eigenvalue weighted by atomic mass is 35.5. The fourth-order valence-electron chi connectivity index (χ4n) is 3.17. The summed E-state index contributed by atoms with van der Waals surface area (Å²) >= 11 is 11.9. The number of amides is 1. The van der Waals surface area contributed by atoms with E-state index in [0.717, 1.165) is 18.8 Å². The van der Waals surface area contributed by atoms with Gasteiger partial charge in [0.25, 0.3) is 5.91 Å². The van der Waals surface area contributed by atoms with E-state index in [9.17, 15) is 4.79 Å². The molecule has 0 unspecified atom stereocenters. The van der Waals surface area contributed by atoms with Crippen LogP contribution in [0.5, 0.6) is 0 Å². The van der Waals surface area contributed by atoms with E-state index < -0.39 is 0 Å². The van der Waals surface area contributed by atoms with Gasteiger partial charge < -0.3 is 4.90 Å². The molecule has 1 amide bonds. The van der Waals surface area contributed by atoms with Gasteiger partial charge in [-0.25, -0.2) is 5.43 Å². The van der Waals surface area contributed by atoms with Gasteiger partial charge in [0.1, 0.15) is 0 Å². The minimum Gasteiger partial charge on any atom is -0.363 e. The van der Waals surface area contributed by atoms with Crippen molar-refractivity contribution in [2.24, 2.45) is 5.10 Å². The zero-order valence-corrected chi connectivity index (χ0v) is 16.4. The number of hydrazone groups is 1. The average molecular weight is 410 g/mol. The first kappa shape index (κ1) is 18.5. The van der Waals surface area contributed by atoms with Crippen LogP contribution in [0.3, 0.4) is 0 Å². The van der Waals surface area contributed by atoms with Gasteiger partial charge in [-0.1, -0.05) is 53.5 Å². The van der Waals surface area contributed by atoms with E-state index >= 15 is 0 Å². The molecular weight excluding hydrogens is 393 g/mol. The van der Waals surface area contributed by atoms with Gasteiger partial charge in [0, 0.05) is 34.9 Å². The summed E-state index contributed by atoms with van der Waals surface area (Å²) in [5, 5.41) is 4.99. The van der Waals surface area contributed by atoms with Gasteiger partial charge in [0.05, 0.1) is 11.2 Å². The van der Waals surface area contributed by atoms with Crippen LogP contribution in [-0.2, 0) is 13.1 Å². The zero-order chi connectivity index (χ0) is 19.5. The van der Waals surface area contributed by atoms with Gasteiger partial charge in [0.15, 0.2) is 0 Å². The predicted molar refractivity (Wildman–Crippen MR) is 114 cm³/mol. The number of nitrogens with zero attached hydrogens (tertiary/aromatic N) is 2. The van der Waals surface area contributed by atoms with Crippen LogP contribution in [0.1, 0.15) is 27.0 Å². The molecule has 140 valence electrons. The Kier molecular flexibility index (Phi) is 5.33. The second-order valence-electron chi connectivity index (χ2n) is 6.54. The van der Waals surface area contributed by atoms with E-state index in [2.05, 4.69) is 39.7 Å². The topological polar surface area (TPSA) is 44.7 Å². The molecule has 1 aliphatic rings. The Morgan fingerprint density at radius 2 is 1.64 bits per heavy atom. The molecule has 1 N–H and O–H groups in total. The molecule has 0 spiro atoms. The summed E-state index contributed by atoms with van der Waals surface area (Å²) in [6.45, 7) is 1.77. The second kappa shape index (κ2) is 8.05. The fourth-order valence-corrected chi connectivity index (χ4v) is 3.63. The number of fused-ring (bicyclic) bond motifs is 1. The molecule has 0 atom stereocenters. The Bertz CT molecular complexity index is 1020. The molecular formula is C22H17Cl2N3O. The molecule has 4 rings (SSSR count). The lowest BCUT2D eigenvalue weighted by molar-refractivity contribution is 0.0955. The number of hydrogen-bond donors (Lipinski definition) is 1. The van der Waals surface area contributed by atoms with Crippen molar-refractivity contribution in [3.8, 4) is 0 Å². The third kappa shape index (κ3) is 4.03. The fraction of sp³-hybridized carbons (Fsp3) is 0.0909. The van der Waals surface area contributed by atoms with E-state index in [0.29, 0.717) is 21.2 Å². The Morgan fingerprint density at radius 3 is 2.29 bits per heavy atom. The summed E-state index contributed by atoms with van der Waals surface area (Å²) in [6, 6.07) is 21.0. The van der Waals surface area contributed by atoms with Gasteiger partial charge in [-0.15, -0.1) is 0 Å². The van der Waals surface area contributed by atoms with Gasteiger partial charge in [-0.05, 0) is 47.5 Å². The Labute approximate surface area is 173 Å². The monoisotopic (exact) mass is 409 g/mol. The molecule has 6 heteroatoms. The molecule has 3 aromatic carbocycles. The molecule has 1 aliphatic heterocycles. The van der Waals surface area contributed by atoms with E-state index in [4.69, 9.17) is 23.2 Å². The van der Waals surface area contributed by atoms with E-state index in [1.165, 1.54) is 17.3 Å². The Balaban J connectivity index is 1.39. The maximum absolute atomic E-state index is 12.3. The smallest absolute Gasteiger partial charge is 0.271 e. The predicted octanol–water partition coefficient (Wildman–Crippen LogP) is 5.28. The molecule has 0 aliphatic carbocycles. The van der Waals surface area contributed by atoms with Crippen molar-refractivity contribution in [2.45, 2.75) is 13.1 Å². The van der Waals surface area contributed by atoms with Crippen LogP contribution in [0.4, 0.5) is 5.69 Å². The normalized spacial score (nSPS) is 13.0. The lowest BCUT2D eigenvalue weighted by atomic mass is 10.1. The maximum atomic E-state index is 12.3. The van der Waals surface area contributed by atoms with Gasteiger partial charge >= 0.3 is 0 Å². The molecule has 4 nitrogen and oxygen atoms in total. The van der Waals surface area contributed by atoms with Crippen molar-refractivity contribution in [1.29, 1.82) is 0 Å². The Morgan fingerprint density at radius 1 is 0.964 bits per heavy atom. The highest BCUT2D eigenvalue weighted by molar-refractivity contribution is 6.36. The summed E-state index contributed by atoms with van der Waals surface area (Å²) in [5.41, 5.74) is 7.52. The molecule has 0 aromatic heterocycles. The van der Waals surface area contributed by atoms with Crippen molar-refractivity contribution in [3.05, 3.63) is 99.0 Å². The molecule has 3 aromatic rings. The van der Waals surface area contributed by atoms with E-state index in [1.807, 2.05) is 12.1 Å². The van der Waals surface area contributed by atoms with E-state index in [1.54, 1.807) is 30.3 Å². The van der Waals surface area contributed by atoms with Crippen molar-refractivity contribution in [2.75, 3.05) is 4.90 Å². The summed E-state index contributed by atoms with van der Waals surface area (Å²) < 4.78 is 0. The van der Waals surface area contributed by atoms with Gasteiger partial charge in [0.2, 0.25) is 0 Å². The van der Waals surface area contributed by atoms with Crippen LogP contribution in [0.2, 0.25) is 10.0 Å². The van der Waals surface area contributed by atoms with E-state index in [-0.39, 0.29) is 5.91 Å². The van der Waals surface area contributed by atoms with Crippen LogP contribution in [0, 0.1) is 0 Å². The molecule has 1 heterocycles. The number of carbonyl (C=O) groups is 1. The number of hydrogen-bond acceptors (Lipinski definition) is 3. The minimum absolute atomic E-state index is 0.280. The number of benzene rings is 3. The molecule has 0 saturated heterocycles. The highest BCUT2D eigenvalue weighted by Gasteiger charge is 2.18. The number of carbonyl (C=O) groups excluding carboxylic acids is 1. The van der Waals surface area contributed by atoms with Crippen molar-refractivity contribution in [1.82, 2.24) is 5.43 Å². The second-order valence-corrected chi connectivity index (χ2v) is 7.38. The third-order valence-corrected chi connectivity index (χ3v) is 5.23. The lowest BCUT2D eigenvalue weighted by Crippen LogP contribution is -2.18. The lowest BCUT2D eigenvalue weighted by Gasteiger charge is -2.17. The summed E-state index contributed by atoms with van der Waals surface area (Å²) in [4.78, 5) is 14.6. The molecule has 0 radical (unpaired) electrons. The van der Waals surface area contributed by atoms with Crippen LogP contribution >= 0.6 is 23.2 Å². The molecule has 0 bridgehead atoms. The highest BCUT2D eigenvalue weighted by Crippen LogP contribution is 2.28. The van der Waals surface area contributed by atoms with Crippen LogP contribution < -0.4 is 10.3 Å². The maximum Gasteiger partial charge on any atom is 0.271 e. The van der Waals surface area contributed by atoms with Crippen LogP contribution in [0.15, 0.2) is 71.8 Å². The first-order valence-corrected chi connectivity index (χ1v) is 9.56. The first-order valence-electron chi connectivity index (χ1n) is 8.80. The van der Waals surface area contributed by atoms with Gasteiger partial charge in [-0.2, -0.15) is 5.10 Å². The largest absolute Gasteiger partial charge is 0.363 e. The first-order chi connectivity index (χ1) is 13.6. The van der Waals surface area contributed by atoms with Crippen LogP contribution in [0.25, 0.3) is 0 Å². The quantitative estimate of drug-likeness (QED) is 0.470. The van der Waals surface area contributed by atoms with Crippen LogP contribution in [-0.4, -0.2) is 12.1 Å². The summed E-state index contributed by atoms with van der Waals surface area (Å²) in [7, 11) is 0. The SMILES string of the molecule is O=C(N/N=C\c1ccc(Cl)cc1Cl)c1ccc(N2Cc3ccccc3C2)cc1. The molecule has 0 fully saturated rings. The molecule has 0 saturated carbocycles. The standard InChI is InChI=1S/C22H17Cl2N3O/c23-19-8-5-16(21(24)11-19)12-25-26-22(28)15-6-9-20(10-7-15)27-13-17-3-1-2-4-18(17)14-27/h1-12H,13-14H2,(H,26,28)/b25-12-. The number of halogens is 2. The third-order valence-electron chi connectivity index (χ3n) is 4.67. The average Bonchev–Trinajstić information content (AvgIpc) is 3.14. The molecule has 28 heavy (non-hydrogen) atoms. The van der Waals surface area contributed by atoms with Crippen molar-refractivity contribution < 1.29 is 4.79 Å². The zero-order valence-electron chi connectivity index (χ0n) is 14.9. The summed E-state index contributed by atoms with van der Waals surface area (Å²) in [5.74, 6) is -0.280. The van der Waals surface area contributed by atoms with Crippen molar-refractivity contribution in [3.63, 3.8) is 0 Å². The number of anilines is 1. The Hall–Kier alpha value is -2.82. The van der Waals surface area contributed by atoms with Gasteiger partial charge in [-0.3, -0.25) is 4.79 Å². The summed E-state index contributed by atoms with van der Waals surface area (Å²) in [6.07, 6.45) is 1.49. The van der Waals surface area contributed by atoms with Crippen molar-refractivity contribution >= 4 is 41.0 Å². The number of nitrogens with one attached hydrogen (secondary N) is 1. The number of rotatable bonds is 4.